The van der Waals surface area contributed by atoms with Gasteiger partial charge in [0.05, 0.1) is 11.4 Å². The van der Waals surface area contributed by atoms with Crippen LogP contribution in [0.5, 0.6) is 5.75 Å². The molecule has 1 aromatic heterocycles. The van der Waals surface area contributed by atoms with Gasteiger partial charge in [0.15, 0.2) is 5.69 Å². The van der Waals surface area contributed by atoms with Gasteiger partial charge in [-0.15, -0.1) is 5.11 Å². The third kappa shape index (κ3) is 4.15. The van der Waals surface area contributed by atoms with Gasteiger partial charge in [-0.3, -0.25) is 9.89 Å². The summed E-state index contributed by atoms with van der Waals surface area (Å²) in [5, 5.41) is 30.7. The van der Waals surface area contributed by atoms with E-state index in [0.29, 0.717) is 11.4 Å². The number of nitrogens with zero attached hydrogens (tertiary/aromatic N) is 3. The van der Waals surface area contributed by atoms with Crippen LogP contribution in [-0.2, 0) is 4.79 Å². The summed E-state index contributed by atoms with van der Waals surface area (Å²) < 4.78 is 1.38. The van der Waals surface area contributed by atoms with Crippen molar-refractivity contribution in [2.45, 2.75) is 32.7 Å². The van der Waals surface area contributed by atoms with Crippen molar-refractivity contribution < 1.29 is 15.0 Å². The summed E-state index contributed by atoms with van der Waals surface area (Å²) in [6.45, 7) is 5.65. The maximum Gasteiger partial charge on any atom is 0.337 e. The first-order valence-corrected chi connectivity index (χ1v) is 10.4. The Morgan fingerprint density at radius 2 is 1.91 bits per heavy atom. The third-order valence-electron chi connectivity index (χ3n) is 5.84. The summed E-state index contributed by atoms with van der Waals surface area (Å²) in [6.07, 6.45) is 4.90. The molecule has 0 amide bonds. The lowest BCUT2D eigenvalue weighted by Crippen LogP contribution is -2.34. The second kappa shape index (κ2) is 8.38. The van der Waals surface area contributed by atoms with Crippen LogP contribution in [0.25, 0.3) is 11.3 Å². The van der Waals surface area contributed by atoms with Crippen molar-refractivity contribution in [3.05, 3.63) is 93.4 Å². The number of benzene rings is 2. The molecule has 0 saturated carbocycles. The van der Waals surface area contributed by atoms with E-state index in [9.17, 15) is 19.8 Å². The molecule has 0 fully saturated rings. The number of aromatic amines is 1. The standard InChI is InChI=1S/C25H24N4O4/c1-15-7-8-20(13-16(15)2)29-23(31)22(17(3)27-29)26-28-25(24(32)33)11-9-18(10-12-25)19-5-4-6-21(30)14-19/h4-11,13-14,27,30H,12H2,1-3H3,(H,32,33). The van der Waals surface area contributed by atoms with Gasteiger partial charge in [0, 0.05) is 6.42 Å². The van der Waals surface area contributed by atoms with E-state index in [1.54, 1.807) is 37.3 Å². The van der Waals surface area contributed by atoms with Crippen LogP contribution in [0.3, 0.4) is 0 Å². The molecule has 0 bridgehead atoms. The number of nitrogens with one attached hydrogen (secondary N) is 1. The van der Waals surface area contributed by atoms with Gasteiger partial charge < -0.3 is 10.2 Å². The average Bonchev–Trinajstić information content (AvgIpc) is 3.07. The van der Waals surface area contributed by atoms with Gasteiger partial charge in [-0.05, 0) is 73.4 Å². The molecular weight excluding hydrogens is 420 g/mol. The molecule has 168 valence electrons. The van der Waals surface area contributed by atoms with Crippen LogP contribution in [0.2, 0.25) is 0 Å². The zero-order chi connectivity index (χ0) is 23.8. The fourth-order valence-corrected chi connectivity index (χ4v) is 3.65. The lowest BCUT2D eigenvalue weighted by atomic mass is 9.87. The Balaban J connectivity index is 1.66. The van der Waals surface area contributed by atoms with Gasteiger partial charge in [-0.2, -0.15) is 5.11 Å². The highest BCUT2D eigenvalue weighted by molar-refractivity contribution is 5.86. The predicted octanol–water partition coefficient (Wildman–Crippen LogP) is 4.75. The van der Waals surface area contributed by atoms with Crippen molar-refractivity contribution in [1.82, 2.24) is 9.78 Å². The van der Waals surface area contributed by atoms with Crippen LogP contribution in [0.1, 0.15) is 28.8 Å². The number of aromatic hydroxyl groups is 1. The van der Waals surface area contributed by atoms with Crippen LogP contribution < -0.4 is 5.56 Å². The number of carbonyl (C=O) groups is 1. The summed E-state index contributed by atoms with van der Waals surface area (Å²) in [5.74, 6) is -1.05. The molecule has 1 unspecified atom stereocenters. The molecule has 0 aliphatic heterocycles. The summed E-state index contributed by atoms with van der Waals surface area (Å²) >= 11 is 0. The first-order chi connectivity index (χ1) is 15.7. The molecule has 1 aliphatic carbocycles. The lowest BCUT2D eigenvalue weighted by molar-refractivity contribution is -0.141. The lowest BCUT2D eigenvalue weighted by Gasteiger charge is -2.22. The molecule has 2 aromatic carbocycles. The highest BCUT2D eigenvalue weighted by Crippen LogP contribution is 2.32. The molecule has 0 spiro atoms. The molecule has 4 rings (SSSR count). The minimum Gasteiger partial charge on any atom is -0.508 e. The van der Waals surface area contributed by atoms with Crippen molar-refractivity contribution in [2.24, 2.45) is 10.2 Å². The monoisotopic (exact) mass is 444 g/mol. The predicted molar refractivity (Wildman–Crippen MR) is 125 cm³/mol. The molecule has 8 heteroatoms. The largest absolute Gasteiger partial charge is 0.508 e. The van der Waals surface area contributed by atoms with Gasteiger partial charge in [0.25, 0.3) is 5.56 Å². The molecule has 0 radical (unpaired) electrons. The van der Waals surface area contributed by atoms with E-state index in [-0.39, 0.29) is 17.9 Å². The third-order valence-corrected chi connectivity index (χ3v) is 5.84. The molecular formula is C25H24N4O4. The molecule has 8 nitrogen and oxygen atoms in total. The fourth-order valence-electron chi connectivity index (χ4n) is 3.65. The topological polar surface area (TPSA) is 120 Å². The van der Waals surface area contributed by atoms with Crippen molar-refractivity contribution in [3.63, 3.8) is 0 Å². The zero-order valence-electron chi connectivity index (χ0n) is 18.5. The number of azo groups is 1. The minimum atomic E-state index is -1.62. The van der Waals surface area contributed by atoms with E-state index < -0.39 is 17.1 Å². The van der Waals surface area contributed by atoms with Crippen molar-refractivity contribution in [2.75, 3.05) is 0 Å². The molecule has 1 atom stereocenters. The number of aromatic nitrogens is 2. The second-order valence-electron chi connectivity index (χ2n) is 8.17. The second-order valence-corrected chi connectivity index (χ2v) is 8.17. The molecule has 0 saturated heterocycles. The number of hydrogen-bond acceptors (Lipinski definition) is 5. The van der Waals surface area contributed by atoms with Crippen LogP contribution >= 0.6 is 0 Å². The average molecular weight is 444 g/mol. The van der Waals surface area contributed by atoms with E-state index in [1.807, 2.05) is 38.1 Å². The summed E-state index contributed by atoms with van der Waals surface area (Å²) in [4.78, 5) is 25.1. The van der Waals surface area contributed by atoms with E-state index in [1.165, 1.54) is 10.8 Å². The minimum absolute atomic E-state index is 0.0577. The maximum atomic E-state index is 13.0. The van der Waals surface area contributed by atoms with Crippen molar-refractivity contribution in [3.8, 4) is 11.4 Å². The number of carboxylic acids is 1. The van der Waals surface area contributed by atoms with E-state index in [0.717, 1.165) is 22.3 Å². The van der Waals surface area contributed by atoms with Gasteiger partial charge in [0.2, 0.25) is 5.54 Å². The van der Waals surface area contributed by atoms with Crippen LogP contribution in [0, 0.1) is 20.8 Å². The Kier molecular flexibility index (Phi) is 5.59. The number of hydrogen-bond donors (Lipinski definition) is 3. The van der Waals surface area contributed by atoms with E-state index in [2.05, 4.69) is 15.3 Å². The normalized spacial score (nSPS) is 18.0. The quantitative estimate of drug-likeness (QED) is 0.492. The number of phenolic OH excluding ortho intramolecular Hbond substituents is 1. The molecule has 33 heavy (non-hydrogen) atoms. The fraction of sp³-hybridized carbons (Fsp3) is 0.200. The summed E-state index contributed by atoms with van der Waals surface area (Å²) in [7, 11) is 0. The smallest absolute Gasteiger partial charge is 0.337 e. The van der Waals surface area contributed by atoms with E-state index >= 15 is 0 Å². The van der Waals surface area contributed by atoms with Crippen LogP contribution in [0.15, 0.2) is 75.7 Å². The highest BCUT2D eigenvalue weighted by Gasteiger charge is 2.37. The highest BCUT2D eigenvalue weighted by atomic mass is 16.4. The molecule has 1 heterocycles. The van der Waals surface area contributed by atoms with Crippen molar-refractivity contribution in [1.29, 1.82) is 0 Å². The molecule has 1 aliphatic rings. The number of H-pyrrole nitrogens is 1. The number of phenols is 1. The number of rotatable bonds is 5. The Morgan fingerprint density at radius 3 is 2.55 bits per heavy atom. The van der Waals surface area contributed by atoms with E-state index in [4.69, 9.17) is 0 Å². The number of aliphatic carboxylic acids is 1. The van der Waals surface area contributed by atoms with Crippen LogP contribution in [0.4, 0.5) is 5.69 Å². The SMILES string of the molecule is Cc1ccc(-n2[nH]c(C)c(N=NC3(C(=O)O)C=CC(c4cccc(O)c4)=CC3)c2=O)cc1C. The number of allylic oxidation sites excluding steroid dienone is 2. The Hall–Kier alpha value is -4.20. The number of carboxylic acid groups (broad SMARTS) is 1. The Labute approximate surface area is 190 Å². The van der Waals surface area contributed by atoms with Crippen LogP contribution in [-0.4, -0.2) is 31.5 Å². The van der Waals surface area contributed by atoms with Gasteiger partial charge >= 0.3 is 5.97 Å². The first-order valence-electron chi connectivity index (χ1n) is 10.4. The Morgan fingerprint density at radius 1 is 1.12 bits per heavy atom. The Bertz CT molecular complexity index is 1390. The van der Waals surface area contributed by atoms with Gasteiger partial charge in [-0.25, -0.2) is 9.48 Å². The summed E-state index contributed by atoms with van der Waals surface area (Å²) in [6, 6.07) is 12.4. The summed E-state index contributed by atoms with van der Waals surface area (Å²) in [5.41, 5.74) is 2.87. The van der Waals surface area contributed by atoms with Gasteiger partial charge in [0.1, 0.15) is 5.75 Å². The number of aryl methyl sites for hydroxylation is 3. The molecule has 3 aromatic rings. The molecule has 3 N–H and O–H groups in total. The van der Waals surface area contributed by atoms with Crippen molar-refractivity contribution >= 4 is 17.2 Å². The first kappa shape index (κ1) is 22.0. The maximum absolute atomic E-state index is 13.0. The van der Waals surface area contributed by atoms with Gasteiger partial charge in [-0.1, -0.05) is 30.4 Å². The zero-order valence-corrected chi connectivity index (χ0v) is 18.5.